The van der Waals surface area contributed by atoms with E-state index in [-0.39, 0.29) is 6.03 Å². The maximum atomic E-state index is 12.2. The summed E-state index contributed by atoms with van der Waals surface area (Å²) in [7, 11) is 3.73. The summed E-state index contributed by atoms with van der Waals surface area (Å²) in [4.78, 5) is 20.6. The highest BCUT2D eigenvalue weighted by molar-refractivity contribution is 5.97. The lowest BCUT2D eigenvalue weighted by molar-refractivity contribution is 0.229. The van der Waals surface area contributed by atoms with Crippen LogP contribution < -0.4 is 4.90 Å². The summed E-state index contributed by atoms with van der Waals surface area (Å²) in [5.41, 5.74) is 4.81. The van der Waals surface area contributed by atoms with E-state index in [9.17, 15) is 4.79 Å². The molecule has 6 heteroatoms. The van der Waals surface area contributed by atoms with E-state index >= 15 is 0 Å². The van der Waals surface area contributed by atoms with Gasteiger partial charge in [-0.25, -0.2) is 9.78 Å². The minimum atomic E-state index is 0.0360. The van der Waals surface area contributed by atoms with E-state index in [0.717, 1.165) is 40.1 Å². The molecule has 1 aromatic carbocycles. The molecule has 0 spiro atoms. The molecule has 1 aliphatic rings. The van der Waals surface area contributed by atoms with Crippen LogP contribution in [-0.4, -0.2) is 45.8 Å². The molecule has 122 valence electrons. The zero-order valence-corrected chi connectivity index (χ0v) is 14.0. The van der Waals surface area contributed by atoms with Gasteiger partial charge in [0.15, 0.2) is 0 Å². The summed E-state index contributed by atoms with van der Waals surface area (Å²) in [6.45, 7) is 3.54. The molecule has 0 N–H and O–H groups in total. The quantitative estimate of drug-likeness (QED) is 0.729. The fraction of sp³-hybridized carbons (Fsp3) is 0.278. The molecular formula is C18H19N5O. The van der Waals surface area contributed by atoms with E-state index < -0.39 is 0 Å². The minimum Gasteiger partial charge on any atom is -0.326 e. The number of anilines is 1. The number of amides is 2. The van der Waals surface area contributed by atoms with Crippen LogP contribution in [0.15, 0.2) is 36.5 Å². The molecule has 3 heterocycles. The van der Waals surface area contributed by atoms with Crippen molar-refractivity contribution >= 4 is 22.6 Å². The van der Waals surface area contributed by atoms with Crippen molar-refractivity contribution in [1.29, 1.82) is 0 Å². The van der Waals surface area contributed by atoms with Gasteiger partial charge in [0.25, 0.3) is 0 Å². The molecule has 0 atom stereocenters. The van der Waals surface area contributed by atoms with Gasteiger partial charge in [-0.2, -0.15) is 5.10 Å². The first-order chi connectivity index (χ1) is 11.5. The Labute approximate surface area is 140 Å². The Bertz CT molecular complexity index is 946. The van der Waals surface area contributed by atoms with Crippen LogP contribution in [0.2, 0.25) is 0 Å². The highest BCUT2D eigenvalue weighted by Gasteiger charge is 2.26. The van der Waals surface area contributed by atoms with Crippen LogP contribution in [0, 0.1) is 6.92 Å². The molecule has 2 amide bonds. The van der Waals surface area contributed by atoms with Crippen molar-refractivity contribution in [2.45, 2.75) is 6.92 Å². The van der Waals surface area contributed by atoms with E-state index in [4.69, 9.17) is 4.98 Å². The van der Waals surface area contributed by atoms with E-state index in [1.807, 2.05) is 43.0 Å². The lowest BCUT2D eigenvalue weighted by atomic mass is 10.1. The molecule has 0 bridgehead atoms. The van der Waals surface area contributed by atoms with Crippen molar-refractivity contribution in [3.05, 3.63) is 42.1 Å². The predicted octanol–water partition coefficient (Wildman–Crippen LogP) is 2.82. The molecule has 1 saturated heterocycles. The normalized spacial score (nSPS) is 14.9. The molecule has 0 saturated carbocycles. The number of carbonyl (C=O) groups excluding carboxylic acids is 1. The van der Waals surface area contributed by atoms with E-state index in [1.165, 1.54) is 0 Å². The Balaban J connectivity index is 1.84. The number of urea groups is 1. The third kappa shape index (κ3) is 2.22. The van der Waals surface area contributed by atoms with Crippen molar-refractivity contribution in [2.24, 2.45) is 7.05 Å². The highest BCUT2D eigenvalue weighted by atomic mass is 16.2. The van der Waals surface area contributed by atoms with E-state index in [2.05, 4.69) is 18.1 Å². The van der Waals surface area contributed by atoms with Crippen molar-refractivity contribution in [2.75, 3.05) is 25.0 Å². The molecule has 3 aromatic rings. The predicted molar refractivity (Wildman–Crippen MR) is 94.1 cm³/mol. The highest BCUT2D eigenvalue weighted by Crippen LogP contribution is 2.28. The van der Waals surface area contributed by atoms with Crippen LogP contribution >= 0.6 is 0 Å². The number of benzene rings is 1. The van der Waals surface area contributed by atoms with Gasteiger partial charge < -0.3 is 4.90 Å². The van der Waals surface area contributed by atoms with Gasteiger partial charge in [-0.05, 0) is 36.8 Å². The molecule has 1 aliphatic heterocycles. The number of likely N-dealkylation sites (N-methyl/N-ethyl adjacent to an activating group) is 1. The average molecular weight is 321 g/mol. The van der Waals surface area contributed by atoms with Gasteiger partial charge in [-0.1, -0.05) is 6.07 Å². The number of hydrogen-bond donors (Lipinski definition) is 0. The number of carbonyl (C=O) groups is 1. The summed E-state index contributed by atoms with van der Waals surface area (Å²) >= 11 is 0. The summed E-state index contributed by atoms with van der Waals surface area (Å²) in [5, 5.41) is 5.32. The first-order valence-electron chi connectivity index (χ1n) is 7.97. The zero-order valence-electron chi connectivity index (χ0n) is 14.0. The SMILES string of the molecule is Cc1cc(-c2ccnn2C)nc2cc(N3CCN(C)C3=O)ccc12. The Morgan fingerprint density at radius 1 is 1.08 bits per heavy atom. The number of hydrogen-bond acceptors (Lipinski definition) is 3. The van der Waals surface area contributed by atoms with Crippen LogP contribution in [0.25, 0.3) is 22.3 Å². The maximum Gasteiger partial charge on any atom is 0.324 e. The van der Waals surface area contributed by atoms with Crippen LogP contribution in [0.4, 0.5) is 10.5 Å². The van der Waals surface area contributed by atoms with E-state index in [0.29, 0.717) is 6.54 Å². The Hall–Kier alpha value is -2.89. The second kappa shape index (κ2) is 5.33. The first-order valence-corrected chi connectivity index (χ1v) is 7.97. The molecule has 0 unspecified atom stereocenters. The van der Waals surface area contributed by atoms with Gasteiger partial charge in [-0.15, -0.1) is 0 Å². The number of nitrogens with zero attached hydrogens (tertiary/aromatic N) is 5. The molecule has 4 rings (SSSR count). The molecular weight excluding hydrogens is 302 g/mol. The number of aryl methyl sites for hydroxylation is 2. The summed E-state index contributed by atoms with van der Waals surface area (Å²) in [6, 6.07) is 10.1. The Morgan fingerprint density at radius 2 is 1.92 bits per heavy atom. The summed E-state index contributed by atoms with van der Waals surface area (Å²) < 4.78 is 1.82. The fourth-order valence-corrected chi connectivity index (χ4v) is 3.20. The summed E-state index contributed by atoms with van der Waals surface area (Å²) in [5.74, 6) is 0. The molecule has 2 aromatic heterocycles. The Morgan fingerprint density at radius 3 is 2.58 bits per heavy atom. The van der Waals surface area contributed by atoms with Crippen molar-refractivity contribution in [1.82, 2.24) is 19.7 Å². The minimum absolute atomic E-state index is 0.0360. The van der Waals surface area contributed by atoms with Crippen LogP contribution in [0.1, 0.15) is 5.56 Å². The zero-order chi connectivity index (χ0) is 16.8. The number of fused-ring (bicyclic) bond motifs is 1. The number of aromatic nitrogens is 3. The second-order valence-corrected chi connectivity index (χ2v) is 6.22. The van der Waals surface area contributed by atoms with Gasteiger partial charge in [-0.3, -0.25) is 9.58 Å². The van der Waals surface area contributed by atoms with Crippen LogP contribution in [0.5, 0.6) is 0 Å². The third-order valence-corrected chi connectivity index (χ3v) is 4.61. The van der Waals surface area contributed by atoms with Crippen molar-refractivity contribution in [3.63, 3.8) is 0 Å². The molecule has 0 radical (unpaired) electrons. The third-order valence-electron chi connectivity index (χ3n) is 4.61. The van der Waals surface area contributed by atoms with Gasteiger partial charge in [0, 0.05) is 44.5 Å². The van der Waals surface area contributed by atoms with Crippen LogP contribution in [-0.2, 0) is 7.05 Å². The van der Waals surface area contributed by atoms with Gasteiger partial charge in [0.2, 0.25) is 0 Å². The standard InChI is InChI=1S/C18H19N5O/c1-12-10-16(17-6-7-19-22(17)3)20-15-11-13(4-5-14(12)15)23-9-8-21(2)18(23)24/h4-7,10-11H,8-9H2,1-3H3. The molecule has 24 heavy (non-hydrogen) atoms. The van der Waals surface area contributed by atoms with Crippen LogP contribution in [0.3, 0.4) is 0 Å². The van der Waals surface area contributed by atoms with E-state index in [1.54, 1.807) is 16.0 Å². The summed E-state index contributed by atoms with van der Waals surface area (Å²) in [6.07, 6.45) is 1.77. The molecule has 1 fully saturated rings. The van der Waals surface area contributed by atoms with Crippen molar-refractivity contribution in [3.8, 4) is 11.4 Å². The van der Waals surface area contributed by atoms with Gasteiger partial charge >= 0.3 is 6.03 Å². The largest absolute Gasteiger partial charge is 0.326 e. The van der Waals surface area contributed by atoms with Crippen molar-refractivity contribution < 1.29 is 4.79 Å². The molecule has 6 nitrogen and oxygen atoms in total. The average Bonchev–Trinajstić information content (AvgIpc) is 3.13. The number of rotatable bonds is 2. The smallest absolute Gasteiger partial charge is 0.324 e. The second-order valence-electron chi connectivity index (χ2n) is 6.22. The lowest BCUT2D eigenvalue weighted by Gasteiger charge is -2.17. The molecule has 0 aliphatic carbocycles. The van der Waals surface area contributed by atoms with Gasteiger partial charge in [0.05, 0.1) is 16.9 Å². The van der Waals surface area contributed by atoms with Gasteiger partial charge in [0.1, 0.15) is 0 Å². The maximum absolute atomic E-state index is 12.2. The fourth-order valence-electron chi connectivity index (χ4n) is 3.20. The Kier molecular flexibility index (Phi) is 3.26. The first kappa shape index (κ1) is 14.7. The topological polar surface area (TPSA) is 54.3 Å². The monoisotopic (exact) mass is 321 g/mol. The number of pyridine rings is 1. The lowest BCUT2D eigenvalue weighted by Crippen LogP contribution is -2.29.